The molecule has 4 rings (SSSR count). The van der Waals surface area contributed by atoms with Crippen LogP contribution in [0.1, 0.15) is 40.5 Å². The maximum atomic E-state index is 12.9. The molecule has 0 aliphatic carbocycles. The van der Waals surface area contributed by atoms with Crippen LogP contribution in [0, 0.1) is 0 Å². The van der Waals surface area contributed by atoms with Crippen molar-refractivity contribution in [3.63, 3.8) is 0 Å². The van der Waals surface area contributed by atoms with Gasteiger partial charge in [0.1, 0.15) is 6.04 Å². The third-order valence-corrected chi connectivity index (χ3v) is 4.63. The maximum absolute atomic E-state index is 12.9. The molecule has 2 aromatic rings. The molecule has 6 heteroatoms. The number of hydrogen-bond donors (Lipinski definition) is 1. The molecule has 2 aliphatic heterocycles. The maximum Gasteiger partial charge on any atom is 0.259 e. The van der Waals surface area contributed by atoms with Crippen LogP contribution in [0.2, 0.25) is 0 Å². The molecule has 0 saturated carbocycles. The zero-order valence-corrected chi connectivity index (χ0v) is 13.0. The van der Waals surface area contributed by atoms with Crippen LogP contribution in [-0.2, 0) is 9.59 Å². The van der Waals surface area contributed by atoms with Gasteiger partial charge >= 0.3 is 0 Å². The molecule has 0 radical (unpaired) electrons. The van der Waals surface area contributed by atoms with Gasteiger partial charge < -0.3 is 0 Å². The van der Waals surface area contributed by atoms with Crippen molar-refractivity contribution in [1.82, 2.24) is 5.32 Å². The van der Waals surface area contributed by atoms with E-state index >= 15 is 0 Å². The fraction of sp³-hybridized carbons (Fsp3) is 0.222. The minimum Gasteiger partial charge on any atom is -0.295 e. The molecule has 1 atom stereocenters. The fourth-order valence-electron chi connectivity index (χ4n) is 3.55. The summed E-state index contributed by atoms with van der Waals surface area (Å²) in [5.41, 5.74) is 1.65. The topological polar surface area (TPSA) is 83.6 Å². The molecule has 6 nitrogen and oxygen atoms in total. The second kappa shape index (κ2) is 4.99. The van der Waals surface area contributed by atoms with Crippen LogP contribution < -0.4 is 10.2 Å². The number of imide groups is 1. The molecule has 1 N–H and O–H groups in total. The molecule has 24 heavy (non-hydrogen) atoms. The van der Waals surface area contributed by atoms with E-state index in [1.807, 2.05) is 0 Å². The van der Waals surface area contributed by atoms with Crippen molar-refractivity contribution >= 4 is 40.0 Å². The normalized spacial score (nSPS) is 19.8. The lowest BCUT2D eigenvalue weighted by atomic mass is 9.98. The number of ketones is 1. The summed E-state index contributed by atoms with van der Waals surface area (Å²) in [6, 6.07) is 7.91. The Morgan fingerprint density at radius 3 is 2.67 bits per heavy atom. The number of amides is 3. The Kier molecular flexibility index (Phi) is 3.03. The van der Waals surface area contributed by atoms with Crippen molar-refractivity contribution in [2.75, 3.05) is 4.90 Å². The first-order valence-corrected chi connectivity index (χ1v) is 7.73. The van der Waals surface area contributed by atoms with E-state index in [1.54, 1.807) is 30.3 Å². The zero-order valence-electron chi connectivity index (χ0n) is 13.0. The Morgan fingerprint density at radius 2 is 1.96 bits per heavy atom. The van der Waals surface area contributed by atoms with Crippen LogP contribution in [0.5, 0.6) is 0 Å². The standard InChI is InChI=1S/C18H14N2O4/c1-9(21)10-5-6-13-16-11(10)3-2-4-12(16)18(24)20(13)14-7-8-15(22)19-17(14)23/h2-6,14H,7-8H2,1H3,(H,19,22,23). The number of carbonyl (C=O) groups is 4. The van der Waals surface area contributed by atoms with E-state index in [0.29, 0.717) is 34.0 Å². The molecule has 0 bridgehead atoms. The van der Waals surface area contributed by atoms with Crippen LogP contribution in [0.4, 0.5) is 5.69 Å². The summed E-state index contributed by atoms with van der Waals surface area (Å²) in [5.74, 6) is -1.13. The highest BCUT2D eigenvalue weighted by molar-refractivity contribution is 6.29. The van der Waals surface area contributed by atoms with Crippen LogP contribution >= 0.6 is 0 Å². The molecule has 2 aromatic carbocycles. The molecule has 120 valence electrons. The summed E-state index contributed by atoms with van der Waals surface area (Å²) < 4.78 is 0. The molecule has 3 amide bonds. The van der Waals surface area contributed by atoms with Crippen molar-refractivity contribution in [3.05, 3.63) is 41.5 Å². The number of anilines is 1. The first kappa shape index (κ1) is 14.6. The fourth-order valence-corrected chi connectivity index (χ4v) is 3.55. The molecule has 1 unspecified atom stereocenters. The van der Waals surface area contributed by atoms with Crippen molar-refractivity contribution in [3.8, 4) is 0 Å². The number of rotatable bonds is 2. The average Bonchev–Trinajstić information content (AvgIpc) is 2.82. The van der Waals surface area contributed by atoms with Gasteiger partial charge in [0.05, 0.1) is 5.69 Å². The number of Topliss-reactive ketones (excluding diaryl/α,β-unsaturated/α-hetero) is 1. The van der Waals surface area contributed by atoms with E-state index in [4.69, 9.17) is 0 Å². The quantitative estimate of drug-likeness (QED) is 0.675. The van der Waals surface area contributed by atoms with Crippen LogP contribution in [0.25, 0.3) is 10.8 Å². The van der Waals surface area contributed by atoms with Gasteiger partial charge in [0.25, 0.3) is 5.91 Å². The van der Waals surface area contributed by atoms with Gasteiger partial charge in [-0.2, -0.15) is 0 Å². The van der Waals surface area contributed by atoms with Crippen LogP contribution in [0.3, 0.4) is 0 Å². The zero-order chi connectivity index (χ0) is 17.0. The van der Waals surface area contributed by atoms with E-state index in [9.17, 15) is 19.2 Å². The van der Waals surface area contributed by atoms with Crippen molar-refractivity contribution in [2.45, 2.75) is 25.8 Å². The van der Waals surface area contributed by atoms with Gasteiger partial charge in [-0.3, -0.25) is 29.4 Å². The highest BCUT2D eigenvalue weighted by Crippen LogP contribution is 2.41. The van der Waals surface area contributed by atoms with Crippen molar-refractivity contribution in [2.24, 2.45) is 0 Å². The predicted octanol–water partition coefficient (Wildman–Crippen LogP) is 1.81. The molecule has 0 aromatic heterocycles. The highest BCUT2D eigenvalue weighted by atomic mass is 16.2. The van der Waals surface area contributed by atoms with Gasteiger partial charge in [0, 0.05) is 22.9 Å². The van der Waals surface area contributed by atoms with Gasteiger partial charge in [-0.15, -0.1) is 0 Å². The molecular weight excluding hydrogens is 308 g/mol. The Bertz CT molecular complexity index is 947. The first-order chi connectivity index (χ1) is 11.5. The van der Waals surface area contributed by atoms with Gasteiger partial charge in [-0.05, 0) is 36.9 Å². The van der Waals surface area contributed by atoms with E-state index in [1.165, 1.54) is 11.8 Å². The number of nitrogens with zero attached hydrogens (tertiary/aromatic N) is 1. The van der Waals surface area contributed by atoms with Gasteiger partial charge in [-0.25, -0.2) is 0 Å². The highest BCUT2D eigenvalue weighted by Gasteiger charge is 2.40. The Morgan fingerprint density at radius 1 is 1.17 bits per heavy atom. The van der Waals surface area contributed by atoms with E-state index in [2.05, 4.69) is 5.32 Å². The summed E-state index contributed by atoms with van der Waals surface area (Å²) in [7, 11) is 0. The van der Waals surface area contributed by atoms with E-state index < -0.39 is 11.9 Å². The molecule has 1 fully saturated rings. The lowest BCUT2D eigenvalue weighted by Gasteiger charge is -2.30. The monoisotopic (exact) mass is 322 g/mol. The number of piperidine rings is 1. The lowest BCUT2D eigenvalue weighted by molar-refractivity contribution is -0.134. The predicted molar refractivity (Wildman–Crippen MR) is 86.9 cm³/mol. The molecular formula is C18H14N2O4. The van der Waals surface area contributed by atoms with Gasteiger partial charge in [-0.1, -0.05) is 12.1 Å². The number of hydrogen-bond acceptors (Lipinski definition) is 4. The summed E-state index contributed by atoms with van der Waals surface area (Å²) in [6.45, 7) is 1.48. The molecule has 0 spiro atoms. The average molecular weight is 322 g/mol. The largest absolute Gasteiger partial charge is 0.295 e. The first-order valence-electron chi connectivity index (χ1n) is 7.73. The smallest absolute Gasteiger partial charge is 0.259 e. The van der Waals surface area contributed by atoms with Crippen LogP contribution in [0.15, 0.2) is 30.3 Å². The van der Waals surface area contributed by atoms with Crippen LogP contribution in [-0.4, -0.2) is 29.5 Å². The second-order valence-electron chi connectivity index (χ2n) is 6.06. The minimum absolute atomic E-state index is 0.0781. The number of benzene rings is 2. The van der Waals surface area contributed by atoms with Gasteiger partial charge in [0.2, 0.25) is 11.8 Å². The third kappa shape index (κ3) is 1.89. The minimum atomic E-state index is -0.714. The summed E-state index contributed by atoms with van der Waals surface area (Å²) in [6.07, 6.45) is 0.492. The Labute approximate surface area is 137 Å². The lowest BCUT2D eigenvalue weighted by Crippen LogP contribution is -2.53. The van der Waals surface area contributed by atoms with E-state index in [0.717, 1.165) is 0 Å². The van der Waals surface area contributed by atoms with E-state index in [-0.39, 0.29) is 24.0 Å². The molecule has 1 saturated heterocycles. The van der Waals surface area contributed by atoms with Crippen molar-refractivity contribution in [1.29, 1.82) is 0 Å². The second-order valence-corrected chi connectivity index (χ2v) is 6.06. The number of nitrogens with one attached hydrogen (secondary N) is 1. The third-order valence-electron chi connectivity index (χ3n) is 4.63. The Balaban J connectivity index is 1.90. The molecule has 2 aliphatic rings. The van der Waals surface area contributed by atoms with Crippen molar-refractivity contribution < 1.29 is 19.2 Å². The summed E-state index contributed by atoms with van der Waals surface area (Å²) >= 11 is 0. The van der Waals surface area contributed by atoms with Gasteiger partial charge in [0.15, 0.2) is 5.78 Å². The Hall–Kier alpha value is -3.02. The number of carbonyl (C=O) groups excluding carboxylic acids is 4. The summed E-state index contributed by atoms with van der Waals surface area (Å²) in [4.78, 5) is 49.7. The SMILES string of the molecule is CC(=O)c1ccc2c3c(cccc13)C(=O)N2C1CCC(=O)NC1=O. The summed E-state index contributed by atoms with van der Waals surface area (Å²) in [5, 5.41) is 3.69. The molecule has 2 heterocycles.